The van der Waals surface area contributed by atoms with Crippen LogP contribution in [-0.4, -0.2) is 35.7 Å². The summed E-state index contributed by atoms with van der Waals surface area (Å²) in [4.78, 5) is 2.55. The number of hydrogen-bond acceptors (Lipinski definition) is 2. The molecule has 1 rings (SSSR count). The molecule has 102 valence electrons. The molecular formula is C15H31NO. The average Bonchev–Trinajstić information content (AvgIpc) is 2.38. The van der Waals surface area contributed by atoms with Gasteiger partial charge in [0.2, 0.25) is 0 Å². The lowest BCUT2D eigenvalue weighted by Gasteiger charge is -2.43. The van der Waals surface area contributed by atoms with Crippen molar-refractivity contribution in [2.45, 2.75) is 65.8 Å². The second-order valence-corrected chi connectivity index (χ2v) is 6.16. The minimum absolute atomic E-state index is 0.186. The van der Waals surface area contributed by atoms with Crippen molar-refractivity contribution in [3.8, 4) is 0 Å². The Morgan fingerprint density at radius 1 is 1.29 bits per heavy atom. The molecule has 0 heterocycles. The zero-order chi connectivity index (χ0) is 12.9. The summed E-state index contributed by atoms with van der Waals surface area (Å²) in [6.45, 7) is 11.7. The van der Waals surface area contributed by atoms with Crippen LogP contribution in [0, 0.1) is 11.3 Å². The lowest BCUT2D eigenvalue weighted by Crippen LogP contribution is -2.45. The van der Waals surface area contributed by atoms with Crippen molar-refractivity contribution in [2.75, 3.05) is 19.7 Å². The fraction of sp³-hybridized carbons (Fsp3) is 1.00. The van der Waals surface area contributed by atoms with Crippen LogP contribution in [0.5, 0.6) is 0 Å². The number of nitrogens with zero attached hydrogens (tertiary/aromatic N) is 1. The minimum Gasteiger partial charge on any atom is -0.396 e. The molecule has 0 aliphatic heterocycles. The van der Waals surface area contributed by atoms with E-state index in [1.54, 1.807) is 0 Å². The van der Waals surface area contributed by atoms with Gasteiger partial charge < -0.3 is 10.0 Å². The van der Waals surface area contributed by atoms with E-state index < -0.39 is 0 Å². The van der Waals surface area contributed by atoms with Gasteiger partial charge in [-0.15, -0.1) is 0 Å². The number of hydrogen-bond donors (Lipinski definition) is 1. The highest BCUT2D eigenvalue weighted by Gasteiger charge is 2.35. The van der Waals surface area contributed by atoms with Gasteiger partial charge in [-0.25, -0.2) is 0 Å². The summed E-state index contributed by atoms with van der Waals surface area (Å²) in [5.41, 5.74) is 0.186. The van der Waals surface area contributed by atoms with Crippen LogP contribution in [0.3, 0.4) is 0 Å². The van der Waals surface area contributed by atoms with Gasteiger partial charge >= 0.3 is 0 Å². The van der Waals surface area contributed by atoms with E-state index in [1.165, 1.54) is 32.1 Å². The third kappa shape index (κ3) is 3.96. The third-order valence-corrected chi connectivity index (χ3v) is 4.83. The van der Waals surface area contributed by atoms with E-state index in [-0.39, 0.29) is 5.41 Å². The lowest BCUT2D eigenvalue weighted by atomic mass is 9.71. The van der Waals surface area contributed by atoms with Gasteiger partial charge in [0, 0.05) is 24.6 Å². The van der Waals surface area contributed by atoms with E-state index >= 15 is 0 Å². The lowest BCUT2D eigenvalue weighted by molar-refractivity contribution is 0.0191. The molecule has 1 fully saturated rings. The predicted octanol–water partition coefficient (Wildman–Crippen LogP) is 3.30. The molecule has 0 amide bonds. The molecular weight excluding hydrogens is 210 g/mol. The molecule has 2 nitrogen and oxygen atoms in total. The van der Waals surface area contributed by atoms with Crippen molar-refractivity contribution >= 4 is 0 Å². The molecule has 1 aliphatic carbocycles. The number of aliphatic hydroxyl groups is 1. The summed E-state index contributed by atoms with van der Waals surface area (Å²) < 4.78 is 0. The van der Waals surface area contributed by atoms with Crippen molar-refractivity contribution in [1.29, 1.82) is 0 Å². The summed E-state index contributed by atoms with van der Waals surface area (Å²) in [5.74, 6) is 0.855. The van der Waals surface area contributed by atoms with Crippen molar-refractivity contribution in [1.82, 2.24) is 4.90 Å². The zero-order valence-electron chi connectivity index (χ0n) is 12.2. The molecule has 1 saturated carbocycles. The standard InChI is InChI=1S/C15H31NO/c1-5-14(4)16(6-2)11-15(12-17)9-7-13(3)8-10-15/h13-14,17H,5-12H2,1-4H3. The highest BCUT2D eigenvalue weighted by atomic mass is 16.3. The largest absolute Gasteiger partial charge is 0.396 e. The minimum atomic E-state index is 0.186. The fourth-order valence-electron chi connectivity index (χ4n) is 3.01. The molecule has 0 radical (unpaired) electrons. The summed E-state index contributed by atoms with van der Waals surface area (Å²) in [5, 5.41) is 9.80. The molecule has 0 bridgehead atoms. The van der Waals surface area contributed by atoms with Crippen LogP contribution in [0.25, 0.3) is 0 Å². The van der Waals surface area contributed by atoms with Gasteiger partial charge in [0.15, 0.2) is 0 Å². The maximum absolute atomic E-state index is 9.80. The van der Waals surface area contributed by atoms with Crippen LogP contribution < -0.4 is 0 Å². The number of aliphatic hydroxyl groups excluding tert-OH is 1. The SMILES string of the molecule is CCC(C)N(CC)CC1(CO)CCC(C)CC1. The highest BCUT2D eigenvalue weighted by Crippen LogP contribution is 2.39. The Morgan fingerprint density at radius 2 is 1.88 bits per heavy atom. The molecule has 0 aromatic carbocycles. The second kappa shape index (κ2) is 6.75. The second-order valence-electron chi connectivity index (χ2n) is 6.16. The maximum atomic E-state index is 9.80. The van der Waals surface area contributed by atoms with Gasteiger partial charge in [-0.1, -0.05) is 33.6 Å². The van der Waals surface area contributed by atoms with E-state index in [4.69, 9.17) is 0 Å². The molecule has 0 spiro atoms. The summed E-state index contributed by atoms with van der Waals surface area (Å²) >= 11 is 0. The smallest absolute Gasteiger partial charge is 0.0499 e. The van der Waals surface area contributed by atoms with Gasteiger partial charge in [0.1, 0.15) is 0 Å². The Balaban J connectivity index is 2.61. The molecule has 1 aliphatic rings. The first-order valence-electron chi connectivity index (χ1n) is 7.41. The molecule has 1 atom stereocenters. The normalized spacial score (nSPS) is 31.8. The van der Waals surface area contributed by atoms with E-state index in [9.17, 15) is 5.11 Å². The average molecular weight is 241 g/mol. The summed E-state index contributed by atoms with van der Waals surface area (Å²) in [6.07, 6.45) is 6.19. The molecule has 2 heteroatoms. The monoisotopic (exact) mass is 241 g/mol. The summed E-state index contributed by atoms with van der Waals surface area (Å²) in [7, 11) is 0. The van der Waals surface area contributed by atoms with Crippen LogP contribution in [0.2, 0.25) is 0 Å². The Bertz CT molecular complexity index is 209. The topological polar surface area (TPSA) is 23.5 Å². The Labute approximate surface area is 107 Å². The number of rotatable bonds is 6. The van der Waals surface area contributed by atoms with E-state index in [2.05, 4.69) is 32.6 Å². The molecule has 17 heavy (non-hydrogen) atoms. The van der Waals surface area contributed by atoms with E-state index in [0.29, 0.717) is 12.6 Å². The first-order chi connectivity index (χ1) is 8.06. The van der Waals surface area contributed by atoms with Gasteiger partial charge in [-0.3, -0.25) is 0 Å². The maximum Gasteiger partial charge on any atom is 0.0499 e. The van der Waals surface area contributed by atoms with E-state index in [1.807, 2.05) is 0 Å². The van der Waals surface area contributed by atoms with Gasteiger partial charge in [-0.05, 0) is 38.6 Å². The molecule has 1 N–H and O–H groups in total. The molecule has 0 saturated heterocycles. The highest BCUT2D eigenvalue weighted by molar-refractivity contribution is 4.88. The van der Waals surface area contributed by atoms with Gasteiger partial charge in [0.05, 0.1) is 0 Å². The van der Waals surface area contributed by atoms with Gasteiger partial charge in [0.25, 0.3) is 0 Å². The van der Waals surface area contributed by atoms with Gasteiger partial charge in [-0.2, -0.15) is 0 Å². The van der Waals surface area contributed by atoms with Crippen LogP contribution in [0.4, 0.5) is 0 Å². The first-order valence-corrected chi connectivity index (χ1v) is 7.41. The van der Waals surface area contributed by atoms with Crippen molar-refractivity contribution in [3.05, 3.63) is 0 Å². The van der Waals surface area contributed by atoms with Crippen LogP contribution in [0.1, 0.15) is 59.8 Å². The molecule has 0 aromatic rings. The van der Waals surface area contributed by atoms with E-state index in [0.717, 1.165) is 19.0 Å². The summed E-state index contributed by atoms with van der Waals surface area (Å²) in [6, 6.07) is 0.641. The van der Waals surface area contributed by atoms with Crippen molar-refractivity contribution in [3.63, 3.8) is 0 Å². The quantitative estimate of drug-likeness (QED) is 0.771. The van der Waals surface area contributed by atoms with Crippen LogP contribution in [-0.2, 0) is 0 Å². The Hall–Kier alpha value is -0.0800. The van der Waals surface area contributed by atoms with Crippen molar-refractivity contribution in [2.24, 2.45) is 11.3 Å². The fourth-order valence-corrected chi connectivity index (χ4v) is 3.01. The van der Waals surface area contributed by atoms with Crippen LogP contribution in [0.15, 0.2) is 0 Å². The Kier molecular flexibility index (Phi) is 5.94. The Morgan fingerprint density at radius 3 is 2.29 bits per heavy atom. The first kappa shape index (κ1) is 15.0. The predicted molar refractivity (Wildman–Crippen MR) is 74.2 cm³/mol. The zero-order valence-corrected chi connectivity index (χ0v) is 12.2. The molecule has 1 unspecified atom stereocenters. The molecule has 0 aromatic heterocycles. The van der Waals surface area contributed by atoms with Crippen LogP contribution >= 0.6 is 0 Å². The third-order valence-electron chi connectivity index (χ3n) is 4.83. The van der Waals surface area contributed by atoms with Crippen molar-refractivity contribution < 1.29 is 5.11 Å².